The fraction of sp³-hybridized carbons (Fsp3) is 0.500. The van der Waals surface area contributed by atoms with Crippen LogP contribution in [-0.2, 0) is 10.0 Å². The molecule has 0 aliphatic heterocycles. The van der Waals surface area contributed by atoms with Gasteiger partial charge in [0, 0.05) is 5.69 Å². The summed E-state index contributed by atoms with van der Waals surface area (Å²) in [5.41, 5.74) is 5.71. The van der Waals surface area contributed by atoms with Gasteiger partial charge >= 0.3 is 0 Å². The Morgan fingerprint density at radius 1 is 1.28 bits per heavy atom. The van der Waals surface area contributed by atoms with Crippen LogP contribution in [0.1, 0.15) is 27.2 Å². The fourth-order valence-corrected chi connectivity index (χ4v) is 2.80. The van der Waals surface area contributed by atoms with E-state index in [0.29, 0.717) is 6.42 Å². The highest BCUT2D eigenvalue weighted by Crippen LogP contribution is 2.21. The molecule has 0 radical (unpaired) electrons. The maximum Gasteiger partial charge on any atom is 0.232 e. The zero-order valence-corrected chi connectivity index (χ0v) is 11.6. The van der Waals surface area contributed by atoms with Crippen LogP contribution in [0.3, 0.4) is 0 Å². The number of benzene rings is 1. The number of nitrogens with one attached hydrogen (secondary N) is 1. The van der Waals surface area contributed by atoms with E-state index in [1.165, 1.54) is 6.07 Å². The maximum atomic E-state index is 13.1. The first-order chi connectivity index (χ1) is 8.07. The average Bonchev–Trinajstić information content (AvgIpc) is 2.11. The summed E-state index contributed by atoms with van der Waals surface area (Å²) in [6, 6.07) is 3.62. The van der Waals surface area contributed by atoms with Crippen LogP contribution in [0.5, 0.6) is 0 Å². The third-order valence-corrected chi connectivity index (χ3v) is 3.60. The lowest BCUT2D eigenvalue weighted by Crippen LogP contribution is -2.21. The molecule has 4 nitrogen and oxygen atoms in total. The molecule has 0 saturated carbocycles. The Morgan fingerprint density at radius 2 is 1.89 bits per heavy atom. The molecule has 0 unspecified atom stereocenters. The van der Waals surface area contributed by atoms with Crippen LogP contribution in [0.4, 0.5) is 15.8 Å². The summed E-state index contributed by atoms with van der Waals surface area (Å²) < 4.78 is 39.0. The number of rotatable bonds is 4. The van der Waals surface area contributed by atoms with Gasteiger partial charge in [0.1, 0.15) is 5.82 Å². The number of hydrogen-bond donors (Lipinski definition) is 2. The second-order valence-electron chi connectivity index (χ2n) is 5.50. The van der Waals surface area contributed by atoms with Crippen molar-refractivity contribution in [1.29, 1.82) is 0 Å². The Hall–Kier alpha value is -1.30. The first kappa shape index (κ1) is 14.8. The van der Waals surface area contributed by atoms with Crippen molar-refractivity contribution in [3.63, 3.8) is 0 Å². The average molecular weight is 274 g/mol. The zero-order valence-electron chi connectivity index (χ0n) is 10.8. The summed E-state index contributed by atoms with van der Waals surface area (Å²) in [6.07, 6.45) is 0.521. The zero-order chi connectivity index (χ0) is 14.0. The van der Waals surface area contributed by atoms with Gasteiger partial charge in [-0.15, -0.1) is 0 Å². The lowest BCUT2D eigenvalue weighted by molar-refractivity contribution is 0.397. The van der Waals surface area contributed by atoms with E-state index in [-0.39, 0.29) is 22.5 Å². The van der Waals surface area contributed by atoms with Gasteiger partial charge in [-0.3, -0.25) is 4.72 Å². The molecule has 6 heteroatoms. The largest absolute Gasteiger partial charge is 0.399 e. The molecule has 102 valence electrons. The highest BCUT2D eigenvalue weighted by molar-refractivity contribution is 7.92. The van der Waals surface area contributed by atoms with Crippen molar-refractivity contribution in [1.82, 2.24) is 0 Å². The van der Waals surface area contributed by atoms with Crippen molar-refractivity contribution in [2.45, 2.75) is 27.2 Å². The third kappa shape index (κ3) is 5.35. The van der Waals surface area contributed by atoms with E-state index >= 15 is 0 Å². The molecular weight excluding hydrogens is 255 g/mol. The Morgan fingerprint density at radius 3 is 2.39 bits per heavy atom. The molecule has 0 aliphatic carbocycles. The predicted octanol–water partition coefficient (Wildman–Crippen LogP) is 2.59. The van der Waals surface area contributed by atoms with Gasteiger partial charge in [0.25, 0.3) is 0 Å². The van der Waals surface area contributed by atoms with Gasteiger partial charge in [-0.2, -0.15) is 0 Å². The second-order valence-corrected chi connectivity index (χ2v) is 7.35. The monoisotopic (exact) mass is 274 g/mol. The van der Waals surface area contributed by atoms with Gasteiger partial charge < -0.3 is 5.73 Å². The molecule has 3 N–H and O–H groups in total. The van der Waals surface area contributed by atoms with Crippen LogP contribution in [0.15, 0.2) is 18.2 Å². The van der Waals surface area contributed by atoms with E-state index in [1.54, 1.807) is 0 Å². The number of sulfonamides is 1. The lowest BCUT2D eigenvalue weighted by Gasteiger charge is -2.18. The van der Waals surface area contributed by atoms with E-state index < -0.39 is 15.8 Å². The predicted molar refractivity (Wildman–Crippen MR) is 72.3 cm³/mol. The molecule has 1 aromatic rings. The van der Waals surface area contributed by atoms with E-state index in [0.717, 1.165) is 12.1 Å². The maximum absolute atomic E-state index is 13.1. The lowest BCUT2D eigenvalue weighted by atomic mass is 9.94. The van der Waals surface area contributed by atoms with Crippen molar-refractivity contribution >= 4 is 21.4 Å². The van der Waals surface area contributed by atoms with E-state index in [9.17, 15) is 12.8 Å². The highest BCUT2D eigenvalue weighted by atomic mass is 32.2. The molecule has 0 aromatic heterocycles. The van der Waals surface area contributed by atoms with Crippen LogP contribution in [0.2, 0.25) is 0 Å². The molecule has 0 heterocycles. The number of anilines is 2. The number of nitrogen functional groups attached to an aromatic ring is 1. The topological polar surface area (TPSA) is 72.2 Å². The van der Waals surface area contributed by atoms with Gasteiger partial charge in [0.2, 0.25) is 10.0 Å². The van der Waals surface area contributed by atoms with E-state index in [1.807, 2.05) is 20.8 Å². The Balaban J connectivity index is 2.76. The van der Waals surface area contributed by atoms with Crippen LogP contribution < -0.4 is 10.5 Å². The van der Waals surface area contributed by atoms with Gasteiger partial charge in [-0.1, -0.05) is 20.8 Å². The summed E-state index contributed by atoms with van der Waals surface area (Å²) >= 11 is 0. The first-order valence-electron chi connectivity index (χ1n) is 5.64. The molecular formula is C12H19FN2O2S. The Labute approximate surface area is 107 Å². The minimum absolute atomic E-state index is 0.00703. The number of hydrogen-bond acceptors (Lipinski definition) is 3. The Bertz CT molecular complexity index is 501. The second kappa shape index (κ2) is 5.14. The third-order valence-electron chi connectivity index (χ3n) is 2.31. The van der Waals surface area contributed by atoms with Gasteiger partial charge in [-0.25, -0.2) is 12.8 Å². The summed E-state index contributed by atoms with van der Waals surface area (Å²) in [4.78, 5) is 0. The standard InChI is InChI=1S/C12H19FN2O2S/c1-12(2,3)4-5-18(16,17)15-11-7-9(13)6-10(14)8-11/h6-8,15H,4-5,14H2,1-3H3. The molecule has 0 bridgehead atoms. The van der Waals surface area contributed by atoms with E-state index in [4.69, 9.17) is 5.73 Å². The van der Waals surface area contributed by atoms with E-state index in [2.05, 4.69) is 4.72 Å². The number of nitrogens with two attached hydrogens (primary N) is 1. The highest BCUT2D eigenvalue weighted by Gasteiger charge is 2.17. The molecule has 1 rings (SSSR count). The normalized spacial score (nSPS) is 12.4. The van der Waals surface area contributed by atoms with Crippen LogP contribution in [-0.4, -0.2) is 14.2 Å². The van der Waals surface area contributed by atoms with Gasteiger partial charge in [0.15, 0.2) is 0 Å². The summed E-state index contributed by atoms with van der Waals surface area (Å²) in [5, 5.41) is 0. The van der Waals surface area contributed by atoms with Crippen molar-refractivity contribution < 1.29 is 12.8 Å². The van der Waals surface area contributed by atoms with Crippen LogP contribution in [0, 0.1) is 11.2 Å². The molecule has 0 aliphatic rings. The van der Waals surface area contributed by atoms with Crippen molar-refractivity contribution in [3.05, 3.63) is 24.0 Å². The minimum Gasteiger partial charge on any atom is -0.399 e. The van der Waals surface area contributed by atoms with Crippen molar-refractivity contribution in [3.8, 4) is 0 Å². The smallest absolute Gasteiger partial charge is 0.232 e. The summed E-state index contributed by atoms with van der Waals surface area (Å²) in [7, 11) is -3.47. The molecule has 0 saturated heterocycles. The first-order valence-corrected chi connectivity index (χ1v) is 7.29. The quantitative estimate of drug-likeness (QED) is 0.829. The summed E-state index contributed by atoms with van der Waals surface area (Å²) in [6.45, 7) is 5.88. The minimum atomic E-state index is -3.47. The molecule has 0 fully saturated rings. The Kier molecular flexibility index (Phi) is 4.21. The molecule has 0 spiro atoms. The SMILES string of the molecule is CC(C)(C)CCS(=O)(=O)Nc1cc(N)cc(F)c1. The van der Waals surface area contributed by atoms with Crippen LogP contribution >= 0.6 is 0 Å². The van der Waals surface area contributed by atoms with Crippen molar-refractivity contribution in [2.75, 3.05) is 16.2 Å². The van der Waals surface area contributed by atoms with Gasteiger partial charge in [-0.05, 0) is 30.0 Å². The van der Waals surface area contributed by atoms with Gasteiger partial charge in [0.05, 0.1) is 11.4 Å². The molecule has 18 heavy (non-hydrogen) atoms. The number of halogens is 1. The van der Waals surface area contributed by atoms with Crippen LogP contribution in [0.25, 0.3) is 0 Å². The molecule has 0 amide bonds. The summed E-state index contributed by atoms with van der Waals surface area (Å²) in [5.74, 6) is -0.573. The van der Waals surface area contributed by atoms with Crippen molar-refractivity contribution in [2.24, 2.45) is 5.41 Å². The molecule has 0 atom stereocenters. The molecule has 1 aromatic carbocycles. The fourth-order valence-electron chi connectivity index (χ4n) is 1.34.